The summed E-state index contributed by atoms with van der Waals surface area (Å²) in [5, 5.41) is 4.66. The smallest absolute Gasteiger partial charge is 0.0703 e. The van der Waals surface area contributed by atoms with Gasteiger partial charge in [0.15, 0.2) is 0 Å². The van der Waals surface area contributed by atoms with Crippen LogP contribution >= 0.6 is 11.8 Å². The molecule has 0 spiro atoms. The third kappa shape index (κ3) is 1.35. The third-order valence-electron chi connectivity index (χ3n) is 3.58. The Morgan fingerprint density at radius 3 is 2.53 bits per heavy atom. The van der Waals surface area contributed by atoms with Gasteiger partial charge in [0.05, 0.1) is 11.7 Å². The van der Waals surface area contributed by atoms with E-state index in [4.69, 9.17) is 5.73 Å². The van der Waals surface area contributed by atoms with Crippen molar-refractivity contribution in [3.8, 4) is 0 Å². The zero-order chi connectivity index (χ0) is 10.6. The van der Waals surface area contributed by atoms with Crippen LogP contribution in [-0.4, -0.2) is 21.3 Å². The van der Waals surface area contributed by atoms with Crippen molar-refractivity contribution < 1.29 is 0 Å². The SMILES string of the molecule is Cc1nn(C2CSC2)c(C)c1C1(N)CC1. The first kappa shape index (κ1) is 9.73. The van der Waals surface area contributed by atoms with Crippen LogP contribution < -0.4 is 5.73 Å². The largest absolute Gasteiger partial charge is 0.321 e. The number of rotatable bonds is 2. The Labute approximate surface area is 94.4 Å². The van der Waals surface area contributed by atoms with E-state index in [1.807, 2.05) is 11.8 Å². The van der Waals surface area contributed by atoms with Crippen LogP contribution in [-0.2, 0) is 5.54 Å². The van der Waals surface area contributed by atoms with E-state index < -0.39 is 0 Å². The molecular formula is C11H17N3S. The number of aryl methyl sites for hydroxylation is 1. The van der Waals surface area contributed by atoms with Crippen molar-refractivity contribution in [1.82, 2.24) is 9.78 Å². The van der Waals surface area contributed by atoms with Gasteiger partial charge < -0.3 is 5.73 Å². The lowest BCUT2D eigenvalue weighted by atomic mass is 10.0. The van der Waals surface area contributed by atoms with Gasteiger partial charge in [-0.05, 0) is 26.7 Å². The molecule has 2 fully saturated rings. The average molecular weight is 223 g/mol. The molecule has 3 rings (SSSR count). The molecule has 1 aromatic rings. The van der Waals surface area contributed by atoms with Crippen molar-refractivity contribution in [3.63, 3.8) is 0 Å². The molecule has 0 amide bonds. The maximum absolute atomic E-state index is 6.28. The van der Waals surface area contributed by atoms with Gasteiger partial charge in [0.1, 0.15) is 0 Å². The molecule has 1 saturated heterocycles. The van der Waals surface area contributed by atoms with E-state index >= 15 is 0 Å². The zero-order valence-corrected chi connectivity index (χ0v) is 10.1. The van der Waals surface area contributed by atoms with E-state index in [0.717, 1.165) is 18.5 Å². The summed E-state index contributed by atoms with van der Waals surface area (Å²) in [5.74, 6) is 2.41. The molecule has 0 bridgehead atoms. The molecule has 2 N–H and O–H groups in total. The number of hydrogen-bond donors (Lipinski definition) is 1. The Kier molecular flexibility index (Phi) is 1.95. The van der Waals surface area contributed by atoms with Crippen LogP contribution in [0.15, 0.2) is 0 Å². The van der Waals surface area contributed by atoms with E-state index in [1.165, 1.54) is 22.8 Å². The quantitative estimate of drug-likeness (QED) is 0.830. The number of nitrogens with two attached hydrogens (primary N) is 1. The first-order valence-electron chi connectivity index (χ1n) is 5.55. The third-order valence-corrected chi connectivity index (χ3v) is 4.82. The molecular weight excluding hydrogens is 206 g/mol. The predicted molar refractivity (Wildman–Crippen MR) is 63.2 cm³/mol. The van der Waals surface area contributed by atoms with Crippen molar-refractivity contribution >= 4 is 11.8 Å². The van der Waals surface area contributed by atoms with Gasteiger partial charge in [0, 0.05) is 28.3 Å². The van der Waals surface area contributed by atoms with E-state index in [-0.39, 0.29) is 5.54 Å². The monoisotopic (exact) mass is 223 g/mol. The second-order valence-electron chi connectivity index (χ2n) is 4.84. The van der Waals surface area contributed by atoms with E-state index in [1.54, 1.807) is 0 Å². The van der Waals surface area contributed by atoms with Gasteiger partial charge in [0.25, 0.3) is 0 Å². The fraction of sp³-hybridized carbons (Fsp3) is 0.727. The number of thioether (sulfide) groups is 1. The van der Waals surface area contributed by atoms with Crippen molar-refractivity contribution in [2.75, 3.05) is 11.5 Å². The normalized spacial score (nSPS) is 23.9. The van der Waals surface area contributed by atoms with Crippen LogP contribution in [0, 0.1) is 13.8 Å². The lowest BCUT2D eigenvalue weighted by Gasteiger charge is -2.26. The van der Waals surface area contributed by atoms with E-state index in [9.17, 15) is 0 Å². The fourth-order valence-corrected chi connectivity index (χ4v) is 3.22. The maximum atomic E-state index is 6.28. The van der Waals surface area contributed by atoms with Gasteiger partial charge in [-0.2, -0.15) is 16.9 Å². The van der Waals surface area contributed by atoms with Crippen LogP contribution in [0.1, 0.15) is 35.8 Å². The molecule has 4 heteroatoms. The molecule has 1 saturated carbocycles. The minimum atomic E-state index is -0.0384. The van der Waals surface area contributed by atoms with Gasteiger partial charge in [-0.3, -0.25) is 4.68 Å². The summed E-state index contributed by atoms with van der Waals surface area (Å²) >= 11 is 1.99. The molecule has 15 heavy (non-hydrogen) atoms. The minimum Gasteiger partial charge on any atom is -0.321 e. The highest BCUT2D eigenvalue weighted by Crippen LogP contribution is 2.46. The lowest BCUT2D eigenvalue weighted by molar-refractivity contribution is 0.509. The predicted octanol–water partition coefficient (Wildman–Crippen LogP) is 1.74. The Balaban J connectivity index is 2.03. The van der Waals surface area contributed by atoms with Gasteiger partial charge >= 0.3 is 0 Å². The first-order valence-corrected chi connectivity index (χ1v) is 6.70. The summed E-state index contributed by atoms with van der Waals surface area (Å²) in [7, 11) is 0. The van der Waals surface area contributed by atoms with Crippen LogP contribution in [0.2, 0.25) is 0 Å². The Morgan fingerprint density at radius 2 is 2.07 bits per heavy atom. The Bertz CT molecular complexity index is 402. The summed E-state index contributed by atoms with van der Waals surface area (Å²) in [6, 6.07) is 0.616. The molecule has 0 atom stereocenters. The molecule has 0 unspecified atom stereocenters. The Morgan fingerprint density at radius 1 is 1.40 bits per heavy atom. The van der Waals surface area contributed by atoms with Crippen LogP contribution in [0.5, 0.6) is 0 Å². The van der Waals surface area contributed by atoms with Crippen molar-refractivity contribution in [2.45, 2.75) is 38.3 Å². The van der Waals surface area contributed by atoms with Crippen LogP contribution in [0.4, 0.5) is 0 Å². The van der Waals surface area contributed by atoms with Gasteiger partial charge in [-0.1, -0.05) is 0 Å². The lowest BCUT2D eigenvalue weighted by Crippen LogP contribution is -2.26. The summed E-state index contributed by atoms with van der Waals surface area (Å²) in [6.45, 7) is 4.27. The number of aromatic nitrogens is 2. The average Bonchev–Trinajstić information content (AvgIpc) is 2.72. The van der Waals surface area contributed by atoms with Crippen LogP contribution in [0.3, 0.4) is 0 Å². The highest BCUT2D eigenvalue weighted by molar-refractivity contribution is 8.00. The van der Waals surface area contributed by atoms with E-state index in [0.29, 0.717) is 6.04 Å². The number of nitrogens with zero attached hydrogens (tertiary/aromatic N) is 2. The molecule has 1 aliphatic heterocycles. The molecule has 2 heterocycles. The molecule has 1 aromatic heterocycles. The molecule has 0 aromatic carbocycles. The molecule has 0 radical (unpaired) electrons. The van der Waals surface area contributed by atoms with Crippen molar-refractivity contribution in [2.24, 2.45) is 5.73 Å². The fourth-order valence-electron chi connectivity index (χ4n) is 2.49. The molecule has 3 nitrogen and oxygen atoms in total. The molecule has 2 aliphatic rings. The van der Waals surface area contributed by atoms with Crippen LogP contribution in [0.25, 0.3) is 0 Å². The number of hydrogen-bond acceptors (Lipinski definition) is 3. The van der Waals surface area contributed by atoms with Gasteiger partial charge in [-0.15, -0.1) is 0 Å². The summed E-state index contributed by atoms with van der Waals surface area (Å²) in [6.07, 6.45) is 2.25. The second kappa shape index (κ2) is 3.01. The Hall–Kier alpha value is -0.480. The zero-order valence-electron chi connectivity index (χ0n) is 9.29. The summed E-state index contributed by atoms with van der Waals surface area (Å²) in [5.41, 5.74) is 10.0. The van der Waals surface area contributed by atoms with Gasteiger partial charge in [-0.25, -0.2) is 0 Å². The van der Waals surface area contributed by atoms with E-state index in [2.05, 4.69) is 23.6 Å². The molecule has 82 valence electrons. The maximum Gasteiger partial charge on any atom is 0.0703 e. The second-order valence-corrected chi connectivity index (χ2v) is 5.91. The van der Waals surface area contributed by atoms with Crippen molar-refractivity contribution in [1.29, 1.82) is 0 Å². The highest BCUT2D eigenvalue weighted by atomic mass is 32.2. The van der Waals surface area contributed by atoms with Gasteiger partial charge in [0.2, 0.25) is 0 Å². The molecule has 1 aliphatic carbocycles. The highest BCUT2D eigenvalue weighted by Gasteiger charge is 2.44. The standard InChI is InChI=1S/C11H17N3S/c1-7-10(11(12)3-4-11)8(2)14(13-7)9-5-15-6-9/h9H,3-6,12H2,1-2H3. The minimum absolute atomic E-state index is 0.0384. The summed E-state index contributed by atoms with van der Waals surface area (Å²) in [4.78, 5) is 0. The summed E-state index contributed by atoms with van der Waals surface area (Å²) < 4.78 is 2.20. The topological polar surface area (TPSA) is 43.8 Å². The first-order chi connectivity index (χ1) is 7.12. The van der Waals surface area contributed by atoms with Crippen molar-refractivity contribution in [3.05, 3.63) is 17.0 Å².